The summed E-state index contributed by atoms with van der Waals surface area (Å²) >= 11 is 0. The van der Waals surface area contributed by atoms with Crippen LogP contribution in [0.15, 0.2) is 24.4 Å². The Kier molecular flexibility index (Phi) is 3.20. The number of aromatic nitrogens is 2. The van der Waals surface area contributed by atoms with E-state index in [1.54, 1.807) is 0 Å². The van der Waals surface area contributed by atoms with E-state index in [2.05, 4.69) is 18.9 Å². The van der Waals surface area contributed by atoms with Crippen LogP contribution < -0.4 is 0 Å². The minimum absolute atomic E-state index is 0.195. The average molecular weight is 232 g/mol. The monoisotopic (exact) mass is 232 g/mol. The van der Waals surface area contributed by atoms with Gasteiger partial charge in [0, 0.05) is 11.8 Å². The van der Waals surface area contributed by atoms with E-state index in [1.807, 2.05) is 42.8 Å². The Morgan fingerprint density at radius 2 is 1.88 bits per heavy atom. The summed E-state index contributed by atoms with van der Waals surface area (Å²) in [5.74, 6) is 0.513. The third kappa shape index (κ3) is 2.07. The zero-order chi connectivity index (χ0) is 12.6. The van der Waals surface area contributed by atoms with Crippen molar-refractivity contribution >= 4 is 5.52 Å². The Bertz CT molecular complexity index is 514. The Labute approximate surface area is 102 Å². The number of hydrogen-bond acceptors (Lipinski definition) is 2. The van der Waals surface area contributed by atoms with Crippen LogP contribution in [-0.2, 0) is 0 Å². The molecule has 0 radical (unpaired) electrons. The van der Waals surface area contributed by atoms with Gasteiger partial charge in [-0.05, 0) is 24.0 Å². The van der Waals surface area contributed by atoms with Gasteiger partial charge in [-0.3, -0.25) is 0 Å². The van der Waals surface area contributed by atoms with E-state index in [0.29, 0.717) is 5.92 Å². The zero-order valence-corrected chi connectivity index (χ0v) is 10.9. The highest BCUT2D eigenvalue weighted by Gasteiger charge is 2.23. The number of hydrogen-bond donors (Lipinski definition) is 1. The van der Waals surface area contributed by atoms with Gasteiger partial charge in [-0.2, -0.15) is 5.10 Å². The summed E-state index contributed by atoms with van der Waals surface area (Å²) in [6.45, 7) is 8.28. The van der Waals surface area contributed by atoms with Gasteiger partial charge < -0.3 is 5.11 Å². The van der Waals surface area contributed by atoms with Crippen molar-refractivity contribution in [3.8, 4) is 0 Å². The van der Waals surface area contributed by atoms with Gasteiger partial charge in [0.25, 0.3) is 0 Å². The molecular weight excluding hydrogens is 212 g/mol. The van der Waals surface area contributed by atoms with Crippen molar-refractivity contribution < 1.29 is 5.11 Å². The molecule has 2 heterocycles. The van der Waals surface area contributed by atoms with Crippen LogP contribution in [0, 0.1) is 5.92 Å². The molecule has 0 saturated carbocycles. The summed E-state index contributed by atoms with van der Waals surface area (Å²) in [5, 5.41) is 14.9. The lowest BCUT2D eigenvalue weighted by Gasteiger charge is -2.16. The third-order valence-corrected chi connectivity index (χ3v) is 3.08. The molecule has 2 aromatic rings. The number of aliphatic hydroxyl groups excluding tert-OH is 1. The molecule has 3 nitrogen and oxygen atoms in total. The van der Waals surface area contributed by atoms with Crippen LogP contribution in [-0.4, -0.2) is 14.7 Å². The van der Waals surface area contributed by atoms with Crippen LogP contribution in [0.2, 0.25) is 0 Å². The van der Waals surface area contributed by atoms with Crippen molar-refractivity contribution in [1.29, 1.82) is 0 Å². The van der Waals surface area contributed by atoms with Gasteiger partial charge in [-0.15, -0.1) is 0 Å². The summed E-state index contributed by atoms with van der Waals surface area (Å²) in [6, 6.07) is 5.95. The van der Waals surface area contributed by atoms with E-state index in [-0.39, 0.29) is 5.92 Å². The van der Waals surface area contributed by atoms with Gasteiger partial charge in [0.15, 0.2) is 0 Å². The molecule has 0 aliphatic carbocycles. The Balaban J connectivity index is 2.68. The lowest BCUT2D eigenvalue weighted by molar-refractivity contribution is 0.127. The highest BCUT2D eigenvalue weighted by Crippen LogP contribution is 2.32. The van der Waals surface area contributed by atoms with Crippen molar-refractivity contribution in [3.05, 3.63) is 35.7 Å². The quantitative estimate of drug-likeness (QED) is 0.882. The van der Waals surface area contributed by atoms with E-state index < -0.39 is 6.10 Å². The van der Waals surface area contributed by atoms with Crippen molar-refractivity contribution in [3.63, 3.8) is 0 Å². The second kappa shape index (κ2) is 4.49. The van der Waals surface area contributed by atoms with E-state index in [4.69, 9.17) is 0 Å². The summed E-state index contributed by atoms with van der Waals surface area (Å²) < 4.78 is 1.86. The highest BCUT2D eigenvalue weighted by molar-refractivity contribution is 5.58. The molecule has 1 unspecified atom stereocenters. The molecule has 0 bridgehead atoms. The molecule has 2 aromatic heterocycles. The van der Waals surface area contributed by atoms with Crippen LogP contribution in [0.25, 0.3) is 5.52 Å². The van der Waals surface area contributed by atoms with Crippen molar-refractivity contribution in [2.75, 3.05) is 0 Å². The molecule has 0 saturated heterocycles. The normalized spacial score (nSPS) is 13.8. The first-order valence-electron chi connectivity index (χ1n) is 6.17. The minimum Gasteiger partial charge on any atom is -0.388 e. The molecule has 2 rings (SSSR count). The maximum absolute atomic E-state index is 10.4. The van der Waals surface area contributed by atoms with E-state index >= 15 is 0 Å². The first kappa shape index (κ1) is 12.1. The van der Waals surface area contributed by atoms with Crippen molar-refractivity contribution in [2.24, 2.45) is 5.92 Å². The molecule has 0 spiro atoms. The summed E-state index contributed by atoms with van der Waals surface area (Å²) in [6.07, 6.45) is 1.48. The fourth-order valence-electron chi connectivity index (χ4n) is 2.10. The van der Waals surface area contributed by atoms with Crippen molar-refractivity contribution in [2.45, 2.75) is 39.7 Å². The van der Waals surface area contributed by atoms with E-state index in [0.717, 1.165) is 16.8 Å². The largest absolute Gasteiger partial charge is 0.388 e. The second-order valence-electron chi connectivity index (χ2n) is 5.17. The molecular formula is C14H20N2O. The van der Waals surface area contributed by atoms with Crippen LogP contribution >= 0.6 is 0 Å². The summed E-state index contributed by atoms with van der Waals surface area (Å²) in [5.41, 5.74) is 2.99. The Hall–Kier alpha value is -1.35. The van der Waals surface area contributed by atoms with E-state index in [1.165, 1.54) is 0 Å². The predicted octanol–water partition coefficient (Wildman–Crippen LogP) is 3.15. The molecule has 3 heteroatoms. The topological polar surface area (TPSA) is 37.5 Å². The van der Waals surface area contributed by atoms with E-state index in [9.17, 15) is 5.11 Å². The fraction of sp³-hybridized carbons (Fsp3) is 0.500. The first-order valence-corrected chi connectivity index (χ1v) is 6.17. The number of rotatable bonds is 3. The minimum atomic E-state index is -0.452. The van der Waals surface area contributed by atoms with Crippen LogP contribution in [0.4, 0.5) is 0 Å². The zero-order valence-electron chi connectivity index (χ0n) is 10.9. The Morgan fingerprint density at radius 3 is 2.47 bits per heavy atom. The number of aliphatic hydroxyl groups is 1. The lowest BCUT2D eigenvalue weighted by Crippen LogP contribution is -2.08. The number of pyridine rings is 1. The first-order chi connectivity index (χ1) is 8.02. The van der Waals surface area contributed by atoms with Crippen LogP contribution in [0.5, 0.6) is 0 Å². The molecule has 0 fully saturated rings. The van der Waals surface area contributed by atoms with Gasteiger partial charge in [-0.1, -0.05) is 33.8 Å². The van der Waals surface area contributed by atoms with Gasteiger partial charge in [0.05, 0.1) is 17.3 Å². The third-order valence-electron chi connectivity index (χ3n) is 3.08. The molecule has 1 N–H and O–H groups in total. The predicted molar refractivity (Wildman–Crippen MR) is 69.1 cm³/mol. The molecule has 1 atom stereocenters. The van der Waals surface area contributed by atoms with Gasteiger partial charge in [0.2, 0.25) is 0 Å². The lowest BCUT2D eigenvalue weighted by atomic mass is 9.94. The SMILES string of the molecule is CC(C)c1nn2ccccc2c1C(O)C(C)C. The summed E-state index contributed by atoms with van der Waals surface area (Å²) in [7, 11) is 0. The smallest absolute Gasteiger partial charge is 0.0852 e. The highest BCUT2D eigenvalue weighted by atomic mass is 16.3. The number of fused-ring (bicyclic) bond motifs is 1. The molecule has 0 amide bonds. The fourth-order valence-corrected chi connectivity index (χ4v) is 2.10. The molecule has 0 aliphatic heterocycles. The maximum Gasteiger partial charge on any atom is 0.0852 e. The van der Waals surface area contributed by atoms with Crippen LogP contribution in [0.3, 0.4) is 0 Å². The average Bonchev–Trinajstić information content (AvgIpc) is 2.67. The molecule has 0 aromatic carbocycles. The second-order valence-corrected chi connectivity index (χ2v) is 5.17. The standard InChI is InChI=1S/C14H20N2O/c1-9(2)13-12(14(17)10(3)4)11-7-5-6-8-16(11)15-13/h5-10,14,17H,1-4H3. The number of nitrogens with zero attached hydrogens (tertiary/aromatic N) is 2. The summed E-state index contributed by atoms with van der Waals surface area (Å²) in [4.78, 5) is 0. The maximum atomic E-state index is 10.4. The Morgan fingerprint density at radius 1 is 1.18 bits per heavy atom. The molecule has 17 heavy (non-hydrogen) atoms. The van der Waals surface area contributed by atoms with Gasteiger partial charge in [-0.25, -0.2) is 4.52 Å². The molecule has 0 aliphatic rings. The van der Waals surface area contributed by atoms with Gasteiger partial charge >= 0.3 is 0 Å². The van der Waals surface area contributed by atoms with Crippen LogP contribution in [0.1, 0.15) is 51.0 Å². The van der Waals surface area contributed by atoms with Gasteiger partial charge in [0.1, 0.15) is 0 Å². The molecule has 92 valence electrons. The van der Waals surface area contributed by atoms with Crippen molar-refractivity contribution in [1.82, 2.24) is 9.61 Å².